The van der Waals surface area contributed by atoms with E-state index in [-0.39, 0.29) is 41.1 Å². The fourth-order valence-electron chi connectivity index (χ4n) is 8.11. The average Bonchev–Trinajstić information content (AvgIpc) is 4.21. The number of esters is 1. The highest BCUT2D eigenvalue weighted by Crippen LogP contribution is 2.39. The number of pyridine rings is 4. The van der Waals surface area contributed by atoms with Gasteiger partial charge in [0.05, 0.1) is 29.6 Å². The molecule has 6 amide bonds. The van der Waals surface area contributed by atoms with Crippen LogP contribution in [0.15, 0.2) is 61.4 Å². The van der Waals surface area contributed by atoms with Crippen LogP contribution in [0.25, 0.3) is 43.4 Å². The lowest BCUT2D eigenvalue weighted by molar-refractivity contribution is 0.0599. The lowest BCUT2D eigenvalue weighted by Gasteiger charge is -2.12. The molecule has 2 aliphatic carbocycles. The number of anilines is 2. The standard InChI is InChI=1S/C25H28N6O4S.C24H26N6O4S/c1-4-27-25(34)31-20-10-18(19(13-28-20)15-9-16(12-26-11-15)24(33)35-3)23-29-14(2)21(36-23)22(32)30-17-7-5-6-8-17;1-3-26-24(34)30-19-9-17(18(12-27-19)14-8-15(23(32)33)11-25-10-14)22-28-13(2)20(35-22)21(31)29-16-6-4-5-7-16/h9-13,17H,4-8H2,1-3H3,(H,30,32)(H2,27,28,31,34);8-12,16H,3-7H2,1-2H3,(H,29,31)(H,32,33)(H2,26,27,30,34). The summed E-state index contributed by atoms with van der Waals surface area (Å²) in [5.74, 6) is -1.27. The highest BCUT2D eigenvalue weighted by atomic mass is 32.1. The van der Waals surface area contributed by atoms with E-state index in [1.54, 1.807) is 51.4 Å². The van der Waals surface area contributed by atoms with E-state index in [0.717, 1.165) is 51.4 Å². The molecule has 8 rings (SSSR count). The number of carboxylic acids is 1. The minimum absolute atomic E-state index is 0.0323. The molecule has 2 fully saturated rings. The van der Waals surface area contributed by atoms with E-state index < -0.39 is 18.0 Å². The molecule has 7 N–H and O–H groups in total. The predicted octanol–water partition coefficient (Wildman–Crippen LogP) is 8.26. The zero-order valence-corrected chi connectivity index (χ0v) is 41.4. The van der Waals surface area contributed by atoms with Gasteiger partial charge in [0.2, 0.25) is 0 Å². The third kappa shape index (κ3) is 12.9. The Kier molecular flexibility index (Phi) is 17.1. The van der Waals surface area contributed by atoms with Crippen LogP contribution in [0.5, 0.6) is 0 Å². The van der Waals surface area contributed by atoms with E-state index in [4.69, 9.17) is 4.74 Å². The largest absolute Gasteiger partial charge is 0.478 e. The number of methoxy groups -OCH3 is 1. The van der Waals surface area contributed by atoms with E-state index in [9.17, 15) is 33.9 Å². The second kappa shape index (κ2) is 23.7. The Morgan fingerprint density at radius 3 is 1.44 bits per heavy atom. The molecule has 6 heterocycles. The van der Waals surface area contributed by atoms with Crippen LogP contribution in [-0.4, -0.2) is 103 Å². The molecular weight excluding hydrogens is 949 g/mol. The van der Waals surface area contributed by atoms with E-state index in [2.05, 4.69) is 61.8 Å². The van der Waals surface area contributed by atoms with Crippen molar-refractivity contribution in [2.24, 2.45) is 0 Å². The first kappa shape index (κ1) is 51.1. The molecule has 20 nitrogen and oxygen atoms in total. The number of carboxylic acid groups (broad SMARTS) is 1. The monoisotopic (exact) mass is 1000 g/mol. The zero-order chi connectivity index (χ0) is 50.6. The van der Waals surface area contributed by atoms with E-state index in [1.165, 1.54) is 60.6 Å². The van der Waals surface area contributed by atoms with Crippen molar-refractivity contribution in [2.45, 2.75) is 91.1 Å². The molecule has 0 unspecified atom stereocenters. The molecule has 6 aromatic heterocycles. The maximum atomic E-state index is 13.0. The molecule has 0 saturated heterocycles. The number of aromatic nitrogens is 6. The number of carbonyl (C=O) groups excluding carboxylic acids is 5. The summed E-state index contributed by atoms with van der Waals surface area (Å²) in [6.45, 7) is 8.13. The SMILES string of the molecule is CCNC(=O)Nc1cc(-c2nc(C)c(C(=O)NC3CCCC3)s2)c(-c2cncc(C(=O)O)c2)cn1.CCNC(=O)Nc1cc(-c2nc(C)c(C(=O)NC3CCCC3)s2)c(-c2cncc(C(=O)OC)c2)cn1. The third-order valence-electron chi connectivity index (χ3n) is 11.6. The lowest BCUT2D eigenvalue weighted by atomic mass is 10.0. The quantitative estimate of drug-likeness (QED) is 0.0506. The molecular formula is C49H54N12O8S2. The zero-order valence-electron chi connectivity index (χ0n) is 39.8. The Morgan fingerprint density at radius 2 is 1.03 bits per heavy atom. The Labute approximate surface area is 417 Å². The van der Waals surface area contributed by atoms with Gasteiger partial charge >= 0.3 is 24.0 Å². The molecule has 71 heavy (non-hydrogen) atoms. The van der Waals surface area contributed by atoms with Gasteiger partial charge in [-0.3, -0.25) is 30.2 Å². The first-order valence-electron chi connectivity index (χ1n) is 23.1. The summed E-state index contributed by atoms with van der Waals surface area (Å²) in [6, 6.07) is 6.11. The summed E-state index contributed by atoms with van der Waals surface area (Å²) in [6.07, 6.45) is 17.4. The Morgan fingerprint density at radius 1 is 0.606 bits per heavy atom. The summed E-state index contributed by atoms with van der Waals surface area (Å²) >= 11 is 2.52. The maximum absolute atomic E-state index is 13.0. The van der Waals surface area contributed by atoms with Crippen LogP contribution < -0.4 is 31.9 Å². The van der Waals surface area contributed by atoms with Crippen LogP contribution in [0.3, 0.4) is 0 Å². The number of carbonyl (C=O) groups is 6. The van der Waals surface area contributed by atoms with Crippen LogP contribution in [0.2, 0.25) is 0 Å². The van der Waals surface area contributed by atoms with Crippen molar-refractivity contribution in [3.05, 3.63) is 93.7 Å². The van der Waals surface area contributed by atoms with Crippen molar-refractivity contribution in [1.82, 2.24) is 51.2 Å². The van der Waals surface area contributed by atoms with Crippen LogP contribution in [0.4, 0.5) is 21.2 Å². The van der Waals surface area contributed by atoms with Crippen molar-refractivity contribution in [3.63, 3.8) is 0 Å². The van der Waals surface area contributed by atoms with Gasteiger partial charge in [-0.1, -0.05) is 25.7 Å². The van der Waals surface area contributed by atoms with Gasteiger partial charge in [-0.2, -0.15) is 0 Å². The number of hydrogen-bond donors (Lipinski definition) is 7. The normalized spacial score (nSPS) is 13.4. The Balaban J connectivity index is 0.000000209. The van der Waals surface area contributed by atoms with Gasteiger partial charge < -0.3 is 31.1 Å². The van der Waals surface area contributed by atoms with E-state index >= 15 is 0 Å². The number of aryl methyl sites for hydroxylation is 2. The number of nitrogens with one attached hydrogen (secondary N) is 6. The molecule has 370 valence electrons. The molecule has 0 radical (unpaired) electrons. The number of amides is 6. The van der Waals surface area contributed by atoms with Crippen molar-refractivity contribution >= 4 is 70.1 Å². The molecule has 0 bridgehead atoms. The number of rotatable bonds is 14. The number of ether oxygens (including phenoxy) is 1. The van der Waals surface area contributed by atoms with Crippen LogP contribution in [-0.2, 0) is 4.74 Å². The molecule has 6 aromatic rings. The number of urea groups is 2. The second-order valence-electron chi connectivity index (χ2n) is 16.7. The first-order chi connectivity index (χ1) is 34.2. The topological polar surface area (TPSA) is 281 Å². The van der Waals surface area contributed by atoms with Crippen LogP contribution in [0.1, 0.15) is 117 Å². The molecule has 0 aliphatic heterocycles. The maximum Gasteiger partial charge on any atom is 0.339 e. The molecule has 0 spiro atoms. The first-order valence-corrected chi connectivity index (χ1v) is 24.8. The van der Waals surface area contributed by atoms with E-state index in [0.29, 0.717) is 89.3 Å². The third-order valence-corrected chi connectivity index (χ3v) is 14.0. The van der Waals surface area contributed by atoms with Gasteiger partial charge in [0.1, 0.15) is 31.4 Å². The number of thiazole rings is 2. The minimum Gasteiger partial charge on any atom is -0.478 e. The Hall–Kier alpha value is -7.72. The molecule has 2 saturated carbocycles. The summed E-state index contributed by atoms with van der Waals surface area (Å²) in [5, 5.41) is 27.5. The highest BCUT2D eigenvalue weighted by Gasteiger charge is 2.26. The van der Waals surface area contributed by atoms with Crippen LogP contribution in [0, 0.1) is 13.8 Å². The highest BCUT2D eigenvalue weighted by molar-refractivity contribution is 7.17. The van der Waals surface area contributed by atoms with Gasteiger partial charge in [-0.15, -0.1) is 22.7 Å². The summed E-state index contributed by atoms with van der Waals surface area (Å²) in [5.41, 5.74) is 5.16. The lowest BCUT2D eigenvalue weighted by Crippen LogP contribution is -2.32. The van der Waals surface area contributed by atoms with Gasteiger partial charge in [-0.05, 0) is 77.6 Å². The molecule has 0 aromatic carbocycles. The second-order valence-corrected chi connectivity index (χ2v) is 18.7. The summed E-state index contributed by atoms with van der Waals surface area (Å²) in [7, 11) is 1.31. The fraction of sp³-hybridized carbons (Fsp3) is 0.347. The average molecular weight is 1000 g/mol. The number of nitrogens with zero attached hydrogens (tertiary/aromatic N) is 6. The molecule has 22 heteroatoms. The fourth-order valence-corrected chi connectivity index (χ4v) is 10.1. The summed E-state index contributed by atoms with van der Waals surface area (Å²) < 4.78 is 4.82. The predicted molar refractivity (Wildman–Crippen MR) is 270 cm³/mol. The van der Waals surface area contributed by atoms with E-state index in [1.807, 2.05) is 6.92 Å². The van der Waals surface area contributed by atoms with Gasteiger partial charge in [0.25, 0.3) is 11.8 Å². The molecule has 2 aliphatic rings. The molecule has 0 atom stereocenters. The number of hydrogen-bond acceptors (Lipinski definition) is 15. The minimum atomic E-state index is -1.10. The Bertz CT molecular complexity index is 2950. The van der Waals surface area contributed by atoms with Crippen molar-refractivity contribution in [2.75, 3.05) is 30.8 Å². The van der Waals surface area contributed by atoms with Crippen LogP contribution >= 0.6 is 22.7 Å². The van der Waals surface area contributed by atoms with Crippen molar-refractivity contribution < 1.29 is 38.6 Å². The van der Waals surface area contributed by atoms with Gasteiger partial charge in [-0.25, -0.2) is 39.1 Å². The smallest absolute Gasteiger partial charge is 0.339 e. The number of aromatic carboxylic acids is 1. The van der Waals surface area contributed by atoms with Crippen molar-refractivity contribution in [1.29, 1.82) is 0 Å². The van der Waals surface area contributed by atoms with Gasteiger partial charge in [0, 0.05) is 95.7 Å². The summed E-state index contributed by atoms with van der Waals surface area (Å²) in [4.78, 5) is 101. The van der Waals surface area contributed by atoms with Gasteiger partial charge in [0.15, 0.2) is 0 Å². The van der Waals surface area contributed by atoms with Crippen molar-refractivity contribution in [3.8, 4) is 43.4 Å².